The average molecular weight is 463 g/mol. The van der Waals surface area contributed by atoms with Crippen molar-refractivity contribution in [3.63, 3.8) is 0 Å². The van der Waals surface area contributed by atoms with Gasteiger partial charge in [-0.2, -0.15) is 0 Å². The molecule has 0 aliphatic rings. The Morgan fingerprint density at radius 1 is 1.13 bits per heavy atom. The van der Waals surface area contributed by atoms with Crippen molar-refractivity contribution in [2.75, 3.05) is 31.5 Å². The third kappa shape index (κ3) is 5.70. The number of aryl methyl sites for hydroxylation is 1. The molecule has 0 atom stereocenters. The lowest BCUT2D eigenvalue weighted by Crippen LogP contribution is -2.14. The third-order valence-electron chi connectivity index (χ3n) is 4.05. The topological polar surface area (TPSA) is 112 Å². The van der Waals surface area contributed by atoms with E-state index < -0.39 is 5.97 Å². The predicted molar refractivity (Wildman–Crippen MR) is 120 cm³/mol. The summed E-state index contributed by atoms with van der Waals surface area (Å²) in [5.41, 5.74) is 1.83. The van der Waals surface area contributed by atoms with Crippen LogP contribution in [0.25, 0.3) is 0 Å². The molecule has 0 spiro atoms. The number of rotatable bonds is 9. The Morgan fingerprint density at radius 3 is 2.65 bits per heavy atom. The number of amides is 1. The fraction of sp³-hybridized carbons (Fsp3) is 0.300. The summed E-state index contributed by atoms with van der Waals surface area (Å²) in [5.74, 6) is 0.605. The van der Waals surface area contributed by atoms with E-state index >= 15 is 0 Å². The first-order valence-corrected chi connectivity index (χ1v) is 11.0. The molecule has 0 saturated carbocycles. The number of esters is 1. The van der Waals surface area contributed by atoms with Crippen LogP contribution in [-0.2, 0) is 16.0 Å². The standard InChI is InChI=1S/C20H22N4O5S2/c1-5-29-18(26)17-11(2)21-20(31-17)24-16(25)8-12-10-30-19(22-12)23-14-9-13(27-3)6-7-15(14)28-4/h6-7,9-10H,5,8H2,1-4H3,(H,22,23)(H,21,24,25). The number of aromatic nitrogens is 2. The molecular weight excluding hydrogens is 440 g/mol. The van der Waals surface area contributed by atoms with Gasteiger partial charge in [0.15, 0.2) is 10.3 Å². The number of hydrogen-bond donors (Lipinski definition) is 2. The van der Waals surface area contributed by atoms with E-state index in [1.54, 1.807) is 51.6 Å². The SMILES string of the molecule is CCOC(=O)c1sc(NC(=O)Cc2csc(Nc3cc(OC)ccc3OC)n2)nc1C. The molecule has 1 amide bonds. The van der Waals surface area contributed by atoms with E-state index in [-0.39, 0.29) is 18.9 Å². The summed E-state index contributed by atoms with van der Waals surface area (Å²) in [7, 11) is 3.17. The highest BCUT2D eigenvalue weighted by atomic mass is 32.1. The minimum atomic E-state index is -0.443. The molecule has 0 aliphatic heterocycles. The van der Waals surface area contributed by atoms with Gasteiger partial charge in [-0.15, -0.1) is 11.3 Å². The molecule has 31 heavy (non-hydrogen) atoms. The summed E-state index contributed by atoms with van der Waals surface area (Å²) >= 11 is 2.46. The largest absolute Gasteiger partial charge is 0.497 e. The number of carbonyl (C=O) groups excluding carboxylic acids is 2. The molecular formula is C20H22N4O5S2. The molecule has 164 valence electrons. The van der Waals surface area contributed by atoms with Crippen molar-refractivity contribution in [1.29, 1.82) is 0 Å². The Labute approximate surface area is 187 Å². The molecule has 3 rings (SSSR count). The Bertz CT molecular complexity index is 1080. The van der Waals surface area contributed by atoms with E-state index in [2.05, 4.69) is 20.6 Å². The van der Waals surface area contributed by atoms with Gasteiger partial charge in [-0.1, -0.05) is 11.3 Å². The molecule has 9 nitrogen and oxygen atoms in total. The molecule has 2 aromatic heterocycles. The lowest BCUT2D eigenvalue weighted by Gasteiger charge is -2.10. The molecule has 2 heterocycles. The fourth-order valence-corrected chi connectivity index (χ4v) is 4.24. The predicted octanol–water partition coefficient (Wildman–Crippen LogP) is 4.03. The third-order valence-corrected chi connectivity index (χ3v) is 5.90. The normalized spacial score (nSPS) is 10.5. The van der Waals surface area contributed by atoms with Gasteiger partial charge >= 0.3 is 5.97 Å². The number of ether oxygens (including phenoxy) is 3. The minimum Gasteiger partial charge on any atom is -0.497 e. The van der Waals surface area contributed by atoms with Gasteiger partial charge in [0.2, 0.25) is 5.91 Å². The van der Waals surface area contributed by atoms with Crippen molar-refractivity contribution < 1.29 is 23.8 Å². The fourth-order valence-electron chi connectivity index (χ4n) is 2.64. The van der Waals surface area contributed by atoms with Crippen LogP contribution in [-0.4, -0.2) is 42.7 Å². The van der Waals surface area contributed by atoms with Crippen LogP contribution < -0.4 is 20.1 Å². The summed E-state index contributed by atoms with van der Waals surface area (Å²) in [6.07, 6.45) is 0.0702. The second kappa shape index (κ2) is 10.2. The first-order valence-electron chi connectivity index (χ1n) is 9.31. The maximum atomic E-state index is 12.4. The van der Waals surface area contributed by atoms with Crippen LogP contribution in [0, 0.1) is 6.92 Å². The lowest BCUT2D eigenvalue weighted by molar-refractivity contribution is -0.115. The highest BCUT2D eigenvalue weighted by molar-refractivity contribution is 7.17. The second-order valence-electron chi connectivity index (χ2n) is 6.21. The number of nitrogens with one attached hydrogen (secondary N) is 2. The molecule has 0 bridgehead atoms. The number of nitrogens with zero attached hydrogens (tertiary/aromatic N) is 2. The van der Waals surface area contributed by atoms with Crippen LogP contribution in [0.2, 0.25) is 0 Å². The summed E-state index contributed by atoms with van der Waals surface area (Å²) < 4.78 is 15.6. The van der Waals surface area contributed by atoms with Crippen LogP contribution in [0.5, 0.6) is 11.5 Å². The molecule has 0 fully saturated rings. The van der Waals surface area contributed by atoms with Gasteiger partial charge in [-0.05, 0) is 26.0 Å². The lowest BCUT2D eigenvalue weighted by atomic mass is 10.2. The van der Waals surface area contributed by atoms with E-state index in [9.17, 15) is 9.59 Å². The van der Waals surface area contributed by atoms with Gasteiger partial charge in [0.1, 0.15) is 16.4 Å². The Kier molecular flexibility index (Phi) is 7.42. The van der Waals surface area contributed by atoms with Crippen molar-refractivity contribution in [1.82, 2.24) is 9.97 Å². The van der Waals surface area contributed by atoms with Crippen LogP contribution >= 0.6 is 22.7 Å². The first kappa shape index (κ1) is 22.5. The van der Waals surface area contributed by atoms with E-state index in [0.29, 0.717) is 43.7 Å². The van der Waals surface area contributed by atoms with Crippen molar-refractivity contribution >= 4 is 50.5 Å². The Hall–Kier alpha value is -3.18. The Balaban J connectivity index is 1.63. The molecule has 0 saturated heterocycles. The van der Waals surface area contributed by atoms with Crippen molar-refractivity contribution in [3.8, 4) is 11.5 Å². The highest BCUT2D eigenvalue weighted by Crippen LogP contribution is 2.32. The summed E-state index contributed by atoms with van der Waals surface area (Å²) in [6, 6.07) is 5.40. The Morgan fingerprint density at radius 2 is 1.94 bits per heavy atom. The smallest absolute Gasteiger partial charge is 0.350 e. The minimum absolute atomic E-state index is 0.0702. The maximum absolute atomic E-state index is 12.4. The number of benzene rings is 1. The van der Waals surface area contributed by atoms with Crippen LogP contribution in [0.3, 0.4) is 0 Å². The molecule has 1 aromatic carbocycles. The van der Waals surface area contributed by atoms with Gasteiger partial charge in [0.05, 0.1) is 44.3 Å². The van der Waals surface area contributed by atoms with Gasteiger partial charge in [0.25, 0.3) is 0 Å². The number of thiazole rings is 2. The quantitative estimate of drug-likeness (QED) is 0.459. The number of methoxy groups -OCH3 is 2. The molecule has 3 aromatic rings. The molecule has 0 radical (unpaired) electrons. The highest BCUT2D eigenvalue weighted by Gasteiger charge is 2.18. The van der Waals surface area contributed by atoms with Crippen LogP contribution in [0.15, 0.2) is 23.6 Å². The average Bonchev–Trinajstić information content (AvgIpc) is 3.33. The molecule has 0 aliphatic carbocycles. The second-order valence-corrected chi connectivity index (χ2v) is 8.07. The zero-order valence-electron chi connectivity index (χ0n) is 17.5. The zero-order chi connectivity index (χ0) is 22.4. The summed E-state index contributed by atoms with van der Waals surface area (Å²) in [6.45, 7) is 3.71. The summed E-state index contributed by atoms with van der Waals surface area (Å²) in [5, 5.41) is 8.65. The van der Waals surface area contributed by atoms with Gasteiger partial charge < -0.3 is 24.8 Å². The van der Waals surface area contributed by atoms with E-state index in [4.69, 9.17) is 14.2 Å². The monoisotopic (exact) mass is 462 g/mol. The van der Waals surface area contributed by atoms with Crippen molar-refractivity contribution in [2.24, 2.45) is 0 Å². The first-order chi connectivity index (χ1) is 14.9. The number of hydrogen-bond acceptors (Lipinski definition) is 10. The molecule has 0 unspecified atom stereocenters. The van der Waals surface area contributed by atoms with Crippen molar-refractivity contribution in [3.05, 3.63) is 39.8 Å². The van der Waals surface area contributed by atoms with E-state index in [0.717, 1.165) is 11.3 Å². The zero-order valence-corrected chi connectivity index (χ0v) is 19.1. The van der Waals surface area contributed by atoms with Crippen molar-refractivity contribution in [2.45, 2.75) is 20.3 Å². The number of anilines is 3. The number of carbonyl (C=O) groups is 2. The van der Waals surface area contributed by atoms with Gasteiger partial charge in [-0.3, -0.25) is 4.79 Å². The molecule has 2 N–H and O–H groups in total. The summed E-state index contributed by atoms with van der Waals surface area (Å²) in [4.78, 5) is 33.3. The van der Waals surface area contributed by atoms with Gasteiger partial charge in [0, 0.05) is 11.4 Å². The van der Waals surface area contributed by atoms with Crippen LogP contribution in [0.1, 0.15) is 28.0 Å². The maximum Gasteiger partial charge on any atom is 0.350 e. The van der Waals surface area contributed by atoms with E-state index in [1.807, 2.05) is 0 Å². The molecule has 11 heteroatoms. The van der Waals surface area contributed by atoms with E-state index in [1.165, 1.54) is 11.3 Å². The van der Waals surface area contributed by atoms with Crippen LogP contribution in [0.4, 0.5) is 16.0 Å². The van der Waals surface area contributed by atoms with Gasteiger partial charge in [-0.25, -0.2) is 14.8 Å².